The van der Waals surface area contributed by atoms with Crippen LogP contribution >= 0.6 is 11.6 Å². The summed E-state index contributed by atoms with van der Waals surface area (Å²) >= 11 is 6.16. The first-order chi connectivity index (χ1) is 10.2. The average molecular weight is 342 g/mol. The largest absolute Gasteiger partial charge is 0.304 e. The van der Waals surface area contributed by atoms with E-state index >= 15 is 0 Å². The van der Waals surface area contributed by atoms with Crippen LogP contribution in [0.5, 0.6) is 0 Å². The second-order valence-electron chi connectivity index (χ2n) is 6.02. The van der Waals surface area contributed by atoms with Gasteiger partial charge in [0.2, 0.25) is 5.91 Å². The van der Waals surface area contributed by atoms with Crippen LogP contribution in [-0.2, 0) is 14.6 Å². The van der Waals surface area contributed by atoms with E-state index in [2.05, 4.69) is 0 Å². The summed E-state index contributed by atoms with van der Waals surface area (Å²) in [6.07, 6.45) is 1.93. The van der Waals surface area contributed by atoms with Crippen LogP contribution in [0.25, 0.3) is 0 Å². The van der Waals surface area contributed by atoms with Crippen molar-refractivity contribution in [2.45, 2.75) is 33.2 Å². The highest BCUT2D eigenvalue weighted by Gasteiger charge is 2.31. The van der Waals surface area contributed by atoms with Crippen molar-refractivity contribution in [3.63, 3.8) is 0 Å². The minimum atomic E-state index is -3.24. The van der Waals surface area contributed by atoms with Crippen LogP contribution in [0.1, 0.15) is 25.8 Å². The minimum absolute atomic E-state index is 0.0810. The van der Waals surface area contributed by atoms with E-state index in [4.69, 9.17) is 11.6 Å². The van der Waals surface area contributed by atoms with Gasteiger partial charge < -0.3 is 4.90 Å². The lowest BCUT2D eigenvalue weighted by Gasteiger charge is -2.28. The number of rotatable bonds is 4. The van der Waals surface area contributed by atoms with E-state index in [-0.39, 0.29) is 17.6 Å². The van der Waals surface area contributed by atoms with Gasteiger partial charge in [-0.2, -0.15) is 0 Å². The summed E-state index contributed by atoms with van der Waals surface area (Å²) < 4.78 is 23.4. The summed E-state index contributed by atoms with van der Waals surface area (Å²) in [6.45, 7) is 5.80. The van der Waals surface area contributed by atoms with Crippen LogP contribution in [-0.4, -0.2) is 26.1 Å². The van der Waals surface area contributed by atoms with Gasteiger partial charge in [0, 0.05) is 22.5 Å². The van der Waals surface area contributed by atoms with Crippen molar-refractivity contribution in [3.8, 4) is 0 Å². The highest BCUT2D eigenvalue weighted by Crippen LogP contribution is 2.28. The van der Waals surface area contributed by atoms with Gasteiger partial charge in [-0.3, -0.25) is 4.79 Å². The Morgan fingerprint density at radius 3 is 2.59 bits per heavy atom. The monoisotopic (exact) mass is 341 g/mol. The van der Waals surface area contributed by atoms with Gasteiger partial charge in [0.25, 0.3) is 0 Å². The first-order valence-corrected chi connectivity index (χ1v) is 9.28. The Morgan fingerprint density at radius 2 is 2.09 bits per heavy atom. The number of carbonyl (C=O) groups excluding carboxylic acids is 1. The van der Waals surface area contributed by atoms with Gasteiger partial charge in [-0.1, -0.05) is 31.5 Å². The molecule has 1 aliphatic rings. The SMILES string of the molecule is Cc1ccc(N(C(=O)CC(C)C)[C@@H]2C=CS(=O)(=O)C2)cc1Cl. The number of anilines is 1. The smallest absolute Gasteiger partial charge is 0.227 e. The standard InChI is InChI=1S/C16H20ClNO3S/c1-11(2)8-16(19)18(14-6-7-22(20,21)10-14)13-5-4-12(3)15(17)9-13/h4-7,9,11,14H,8,10H2,1-3H3/t14-/m1/s1. The zero-order chi connectivity index (χ0) is 16.5. The number of hydrogen-bond acceptors (Lipinski definition) is 3. The molecule has 1 amide bonds. The van der Waals surface area contributed by atoms with E-state index in [0.717, 1.165) is 5.56 Å². The van der Waals surface area contributed by atoms with Crippen LogP contribution in [0.4, 0.5) is 5.69 Å². The van der Waals surface area contributed by atoms with Crippen LogP contribution in [0, 0.1) is 12.8 Å². The number of carbonyl (C=O) groups is 1. The first-order valence-electron chi connectivity index (χ1n) is 7.19. The van der Waals surface area contributed by atoms with Gasteiger partial charge in [0.1, 0.15) is 0 Å². The third kappa shape index (κ3) is 3.90. The second kappa shape index (κ2) is 6.42. The Bertz CT molecular complexity index is 710. The maximum absolute atomic E-state index is 12.6. The topological polar surface area (TPSA) is 54.5 Å². The van der Waals surface area contributed by atoms with Gasteiger partial charge in [-0.25, -0.2) is 8.42 Å². The predicted octanol–water partition coefficient (Wildman–Crippen LogP) is 3.34. The number of benzene rings is 1. The van der Waals surface area contributed by atoms with E-state index in [1.807, 2.05) is 26.8 Å². The van der Waals surface area contributed by atoms with Gasteiger partial charge in [0.15, 0.2) is 9.84 Å². The molecule has 1 atom stereocenters. The molecular formula is C16H20ClNO3S. The molecule has 0 aromatic heterocycles. The fourth-order valence-electron chi connectivity index (χ4n) is 2.42. The third-order valence-electron chi connectivity index (χ3n) is 3.53. The summed E-state index contributed by atoms with van der Waals surface area (Å²) in [5.41, 5.74) is 1.55. The normalized spacial score (nSPS) is 19.6. The number of halogens is 1. The summed E-state index contributed by atoms with van der Waals surface area (Å²) in [4.78, 5) is 14.2. The Morgan fingerprint density at radius 1 is 1.41 bits per heavy atom. The van der Waals surface area contributed by atoms with E-state index in [0.29, 0.717) is 17.1 Å². The summed E-state index contributed by atoms with van der Waals surface area (Å²) in [7, 11) is -3.24. The number of aryl methyl sites for hydroxylation is 1. The molecule has 1 heterocycles. The summed E-state index contributed by atoms with van der Waals surface area (Å²) in [5.74, 6) is 0.0158. The number of hydrogen-bond donors (Lipinski definition) is 0. The molecule has 1 aromatic carbocycles. The molecule has 0 fully saturated rings. The molecule has 4 nitrogen and oxygen atoms in total. The molecule has 0 radical (unpaired) electrons. The number of amides is 1. The molecule has 0 saturated carbocycles. The Hall–Kier alpha value is -1.33. The van der Waals surface area contributed by atoms with E-state index in [1.54, 1.807) is 23.1 Å². The van der Waals surface area contributed by atoms with Crippen molar-refractivity contribution in [3.05, 3.63) is 40.3 Å². The zero-order valence-electron chi connectivity index (χ0n) is 12.9. The van der Waals surface area contributed by atoms with Crippen LogP contribution in [0.3, 0.4) is 0 Å². The number of sulfone groups is 1. The zero-order valence-corrected chi connectivity index (χ0v) is 14.5. The Labute approximate surface area is 136 Å². The molecule has 120 valence electrons. The molecular weight excluding hydrogens is 322 g/mol. The van der Waals surface area contributed by atoms with Crippen LogP contribution in [0.2, 0.25) is 5.02 Å². The fourth-order valence-corrected chi connectivity index (χ4v) is 3.86. The number of nitrogens with zero attached hydrogens (tertiary/aromatic N) is 1. The fraction of sp³-hybridized carbons (Fsp3) is 0.438. The predicted molar refractivity (Wildman–Crippen MR) is 89.8 cm³/mol. The maximum atomic E-state index is 12.6. The molecule has 22 heavy (non-hydrogen) atoms. The van der Waals surface area contributed by atoms with Crippen molar-refractivity contribution in [1.29, 1.82) is 0 Å². The van der Waals surface area contributed by atoms with Crippen LogP contribution in [0.15, 0.2) is 29.7 Å². The van der Waals surface area contributed by atoms with Crippen molar-refractivity contribution in [2.24, 2.45) is 5.92 Å². The van der Waals surface area contributed by atoms with E-state index in [9.17, 15) is 13.2 Å². The molecule has 0 N–H and O–H groups in total. The minimum Gasteiger partial charge on any atom is -0.304 e. The van der Waals surface area contributed by atoms with Gasteiger partial charge in [-0.05, 0) is 36.6 Å². The summed E-state index contributed by atoms with van der Waals surface area (Å²) in [5, 5.41) is 1.74. The van der Waals surface area contributed by atoms with E-state index < -0.39 is 15.9 Å². The maximum Gasteiger partial charge on any atom is 0.227 e. The Kier molecular flexibility index (Phi) is 4.97. The highest BCUT2D eigenvalue weighted by molar-refractivity contribution is 7.94. The van der Waals surface area contributed by atoms with Crippen molar-refractivity contribution >= 4 is 33.0 Å². The first kappa shape index (κ1) is 17.0. The van der Waals surface area contributed by atoms with Gasteiger partial charge in [-0.15, -0.1) is 0 Å². The van der Waals surface area contributed by atoms with Crippen LogP contribution < -0.4 is 4.90 Å². The second-order valence-corrected chi connectivity index (χ2v) is 8.36. The van der Waals surface area contributed by atoms with Gasteiger partial charge >= 0.3 is 0 Å². The molecule has 0 aliphatic carbocycles. The third-order valence-corrected chi connectivity index (χ3v) is 5.31. The molecule has 1 aromatic rings. The molecule has 0 saturated heterocycles. The average Bonchev–Trinajstić information content (AvgIpc) is 2.73. The summed E-state index contributed by atoms with van der Waals surface area (Å²) in [6, 6.07) is 4.88. The molecule has 0 spiro atoms. The molecule has 6 heteroatoms. The lowest BCUT2D eigenvalue weighted by atomic mass is 10.1. The molecule has 2 rings (SSSR count). The molecule has 0 unspecified atom stereocenters. The van der Waals surface area contributed by atoms with Crippen molar-refractivity contribution < 1.29 is 13.2 Å². The van der Waals surface area contributed by atoms with Crippen molar-refractivity contribution in [1.82, 2.24) is 0 Å². The molecule has 1 aliphatic heterocycles. The highest BCUT2D eigenvalue weighted by atomic mass is 35.5. The van der Waals surface area contributed by atoms with E-state index in [1.165, 1.54) is 5.41 Å². The lowest BCUT2D eigenvalue weighted by Crippen LogP contribution is -2.41. The quantitative estimate of drug-likeness (QED) is 0.844. The molecule has 0 bridgehead atoms. The Balaban J connectivity index is 2.39. The van der Waals surface area contributed by atoms with Crippen molar-refractivity contribution in [2.75, 3.05) is 10.7 Å². The lowest BCUT2D eigenvalue weighted by molar-refractivity contribution is -0.119. The van der Waals surface area contributed by atoms with Gasteiger partial charge in [0.05, 0.1) is 11.8 Å².